The van der Waals surface area contributed by atoms with Crippen molar-refractivity contribution in [2.75, 3.05) is 14.2 Å². The Kier molecular flexibility index (Phi) is 3.10. The molecule has 0 rings (SSSR count). The average Bonchev–Trinajstić information content (AvgIpc) is 1.68. The molecule has 0 amide bonds. The van der Waals surface area contributed by atoms with Gasteiger partial charge in [0.25, 0.3) is 0 Å². The molecule has 0 bridgehead atoms. The fourth-order valence-corrected chi connectivity index (χ4v) is 0.0833. The third-order valence-corrected chi connectivity index (χ3v) is 1.61. The number of methoxy groups -OCH3 is 2. The molecule has 3 heteroatoms. The summed E-state index contributed by atoms with van der Waals surface area (Å²) in [4.78, 5) is 0. The monoisotopic (exact) mass is 216 g/mol. The molecule has 0 unspecified atom stereocenters. The van der Waals surface area contributed by atoms with Crippen LogP contribution in [0.5, 0.6) is 0 Å². The summed E-state index contributed by atoms with van der Waals surface area (Å²) in [6.45, 7) is 1.84. The summed E-state index contributed by atoms with van der Waals surface area (Å²) in [5, 5.41) is 0. The van der Waals surface area contributed by atoms with E-state index < -0.39 is 3.79 Å². The van der Waals surface area contributed by atoms with Crippen molar-refractivity contribution in [1.82, 2.24) is 0 Å². The van der Waals surface area contributed by atoms with E-state index in [1.165, 1.54) is 0 Å². The van der Waals surface area contributed by atoms with Crippen molar-refractivity contribution in [3.63, 3.8) is 0 Å². The minimum atomic E-state index is -0.447. The van der Waals surface area contributed by atoms with Crippen molar-refractivity contribution < 1.29 is 9.47 Å². The highest BCUT2D eigenvalue weighted by atomic mass is 127. The molecule has 0 saturated carbocycles. The number of hydrogen-bond donors (Lipinski definition) is 0. The second-order valence-electron chi connectivity index (χ2n) is 1.24. The number of hydrogen-bond acceptors (Lipinski definition) is 2. The lowest BCUT2D eigenvalue weighted by Gasteiger charge is -2.17. The highest BCUT2D eigenvalue weighted by Gasteiger charge is 2.14. The second-order valence-corrected chi connectivity index (χ2v) is 3.20. The molecular weight excluding hydrogens is 207 g/mol. The molecule has 0 aromatic rings. The van der Waals surface area contributed by atoms with Crippen LogP contribution in [0.3, 0.4) is 0 Å². The Hall–Kier alpha value is 0.650. The molecule has 0 aromatic heterocycles. The third kappa shape index (κ3) is 3.25. The molecule has 0 N–H and O–H groups in total. The van der Waals surface area contributed by atoms with Gasteiger partial charge in [-0.05, 0) is 29.5 Å². The van der Waals surface area contributed by atoms with Crippen molar-refractivity contribution in [3.05, 3.63) is 0 Å². The maximum absolute atomic E-state index is 4.85. The first-order chi connectivity index (χ1) is 3.12. The average molecular weight is 216 g/mol. The first-order valence-corrected chi connectivity index (χ1v) is 2.99. The summed E-state index contributed by atoms with van der Waals surface area (Å²) < 4.78 is 9.26. The molecule has 0 aromatic carbocycles. The van der Waals surface area contributed by atoms with E-state index in [1.807, 2.05) is 6.92 Å². The summed E-state index contributed by atoms with van der Waals surface area (Å²) in [7, 11) is 3.21. The standard InChI is InChI=1S/C4H9IO2/c1-4(5,6-2)7-3/h1-3H3. The van der Waals surface area contributed by atoms with E-state index in [0.717, 1.165) is 0 Å². The summed E-state index contributed by atoms with van der Waals surface area (Å²) in [5.41, 5.74) is 0. The Morgan fingerprint density at radius 1 is 1.29 bits per heavy atom. The fourth-order valence-electron chi connectivity index (χ4n) is 0.0833. The Labute approximate surface area is 57.3 Å². The zero-order valence-electron chi connectivity index (χ0n) is 4.69. The van der Waals surface area contributed by atoms with Crippen LogP contribution >= 0.6 is 22.6 Å². The fraction of sp³-hybridized carbons (Fsp3) is 1.00. The van der Waals surface area contributed by atoms with Crippen LogP contribution in [0.15, 0.2) is 0 Å². The van der Waals surface area contributed by atoms with Crippen molar-refractivity contribution in [1.29, 1.82) is 0 Å². The van der Waals surface area contributed by atoms with Crippen LogP contribution < -0.4 is 0 Å². The molecule has 7 heavy (non-hydrogen) atoms. The maximum Gasteiger partial charge on any atom is 0.217 e. The second kappa shape index (κ2) is 2.84. The molecule has 0 radical (unpaired) electrons. The molecule has 0 spiro atoms. The van der Waals surface area contributed by atoms with Gasteiger partial charge in [-0.1, -0.05) is 0 Å². The zero-order chi connectivity index (χ0) is 5.91. The highest BCUT2D eigenvalue weighted by Crippen LogP contribution is 2.17. The summed E-state index contributed by atoms with van der Waals surface area (Å²) in [5.74, 6) is 0. The van der Waals surface area contributed by atoms with E-state index in [9.17, 15) is 0 Å². The van der Waals surface area contributed by atoms with E-state index in [2.05, 4.69) is 22.6 Å². The lowest BCUT2D eigenvalue weighted by Crippen LogP contribution is -2.19. The lowest BCUT2D eigenvalue weighted by molar-refractivity contribution is -0.104. The van der Waals surface area contributed by atoms with E-state index >= 15 is 0 Å². The van der Waals surface area contributed by atoms with Crippen LogP contribution in [0.1, 0.15) is 6.92 Å². The largest absolute Gasteiger partial charge is 0.345 e. The molecule has 44 valence electrons. The molecule has 0 aliphatic heterocycles. The van der Waals surface area contributed by atoms with Gasteiger partial charge in [0, 0.05) is 14.2 Å². The number of ether oxygens (including phenoxy) is 2. The Bertz CT molecular complexity index is 47.7. The summed E-state index contributed by atoms with van der Waals surface area (Å²) in [6.07, 6.45) is 0. The number of halogens is 1. The van der Waals surface area contributed by atoms with Crippen LogP contribution in [-0.2, 0) is 9.47 Å². The predicted molar refractivity (Wildman–Crippen MR) is 36.4 cm³/mol. The van der Waals surface area contributed by atoms with Crippen LogP contribution in [0, 0.1) is 0 Å². The van der Waals surface area contributed by atoms with Crippen molar-refractivity contribution >= 4 is 22.6 Å². The van der Waals surface area contributed by atoms with Gasteiger partial charge >= 0.3 is 0 Å². The molecular formula is C4H9IO2. The Balaban J connectivity index is 3.36. The van der Waals surface area contributed by atoms with Crippen molar-refractivity contribution in [2.45, 2.75) is 10.7 Å². The first-order valence-electron chi connectivity index (χ1n) is 1.91. The smallest absolute Gasteiger partial charge is 0.217 e. The van der Waals surface area contributed by atoms with Gasteiger partial charge in [0.15, 0.2) is 0 Å². The Morgan fingerprint density at radius 3 is 1.57 bits per heavy atom. The first kappa shape index (κ1) is 7.65. The van der Waals surface area contributed by atoms with Gasteiger partial charge in [-0.25, -0.2) is 0 Å². The van der Waals surface area contributed by atoms with Gasteiger partial charge in [0.2, 0.25) is 3.79 Å². The quantitative estimate of drug-likeness (QED) is 0.394. The number of alkyl halides is 1. The van der Waals surface area contributed by atoms with E-state index in [4.69, 9.17) is 9.47 Å². The highest BCUT2D eigenvalue weighted by molar-refractivity contribution is 14.1. The number of rotatable bonds is 2. The normalized spacial score (nSPS) is 12.0. The maximum atomic E-state index is 4.85. The van der Waals surface area contributed by atoms with Gasteiger partial charge in [0.05, 0.1) is 0 Å². The molecule has 0 atom stereocenters. The Morgan fingerprint density at radius 2 is 1.57 bits per heavy atom. The van der Waals surface area contributed by atoms with Crippen LogP contribution in [0.4, 0.5) is 0 Å². The molecule has 0 aliphatic carbocycles. The van der Waals surface area contributed by atoms with E-state index in [-0.39, 0.29) is 0 Å². The van der Waals surface area contributed by atoms with Crippen LogP contribution in [0.25, 0.3) is 0 Å². The minimum Gasteiger partial charge on any atom is -0.345 e. The minimum absolute atomic E-state index is 0.447. The molecule has 0 fully saturated rings. The predicted octanol–water partition coefficient (Wildman–Crippen LogP) is 1.39. The molecule has 0 heterocycles. The van der Waals surface area contributed by atoms with Gasteiger partial charge in [0.1, 0.15) is 0 Å². The van der Waals surface area contributed by atoms with Gasteiger partial charge in [-0.3, -0.25) is 0 Å². The molecule has 0 saturated heterocycles. The SMILES string of the molecule is COC(C)(I)OC. The topological polar surface area (TPSA) is 18.5 Å². The van der Waals surface area contributed by atoms with Crippen LogP contribution in [0.2, 0.25) is 0 Å². The third-order valence-electron chi connectivity index (χ3n) is 0.729. The molecule has 0 aliphatic rings. The van der Waals surface area contributed by atoms with Crippen LogP contribution in [-0.4, -0.2) is 18.0 Å². The molecule has 2 nitrogen and oxygen atoms in total. The van der Waals surface area contributed by atoms with Crippen molar-refractivity contribution in [2.24, 2.45) is 0 Å². The van der Waals surface area contributed by atoms with Gasteiger partial charge < -0.3 is 9.47 Å². The summed E-state index contributed by atoms with van der Waals surface area (Å²) in [6, 6.07) is 0. The summed E-state index contributed by atoms with van der Waals surface area (Å²) >= 11 is 2.06. The lowest BCUT2D eigenvalue weighted by atomic mass is 10.8. The zero-order valence-corrected chi connectivity index (χ0v) is 6.85. The van der Waals surface area contributed by atoms with Gasteiger partial charge in [-0.15, -0.1) is 0 Å². The van der Waals surface area contributed by atoms with Crippen molar-refractivity contribution in [3.8, 4) is 0 Å². The van der Waals surface area contributed by atoms with Gasteiger partial charge in [-0.2, -0.15) is 0 Å². The van der Waals surface area contributed by atoms with E-state index in [1.54, 1.807) is 14.2 Å². The van der Waals surface area contributed by atoms with E-state index in [0.29, 0.717) is 0 Å².